The Morgan fingerprint density at radius 3 is 2.78 bits per heavy atom. The molecule has 8 heteroatoms. The van der Waals surface area contributed by atoms with Crippen molar-refractivity contribution in [1.82, 2.24) is 25.3 Å². The molecule has 1 aromatic carbocycles. The number of aryl methyl sites for hydroxylation is 2. The lowest BCUT2D eigenvalue weighted by Crippen LogP contribution is -2.37. The molecule has 1 amide bonds. The number of fused-ring (bicyclic) bond motifs is 3. The second-order valence-electron chi connectivity index (χ2n) is 6.51. The number of amides is 1. The molecule has 4 aromatic rings. The van der Waals surface area contributed by atoms with Gasteiger partial charge in [-0.15, -0.1) is 16.4 Å². The highest BCUT2D eigenvalue weighted by atomic mass is 32.1. The van der Waals surface area contributed by atoms with E-state index < -0.39 is 6.17 Å². The van der Waals surface area contributed by atoms with Gasteiger partial charge in [-0.05, 0) is 37.6 Å². The van der Waals surface area contributed by atoms with Crippen molar-refractivity contribution in [3.63, 3.8) is 0 Å². The van der Waals surface area contributed by atoms with E-state index in [1.54, 1.807) is 11.0 Å². The van der Waals surface area contributed by atoms with Crippen LogP contribution in [0.3, 0.4) is 0 Å². The molecular formula is C19H16N6OS. The number of benzene rings is 1. The van der Waals surface area contributed by atoms with Gasteiger partial charge in [0.1, 0.15) is 21.6 Å². The molecule has 1 unspecified atom stereocenters. The van der Waals surface area contributed by atoms with E-state index in [1.807, 2.05) is 50.2 Å². The molecule has 2 N–H and O–H groups in total. The summed E-state index contributed by atoms with van der Waals surface area (Å²) in [5.41, 5.74) is 4.38. The van der Waals surface area contributed by atoms with Crippen molar-refractivity contribution in [2.24, 2.45) is 0 Å². The third-order valence-corrected chi connectivity index (χ3v) is 5.63. The number of thiophene rings is 1. The number of pyridine rings is 1. The summed E-state index contributed by atoms with van der Waals surface area (Å²) in [6.07, 6.45) is 1.22. The molecule has 0 spiro atoms. The Morgan fingerprint density at radius 1 is 1.15 bits per heavy atom. The quantitative estimate of drug-likeness (QED) is 0.560. The van der Waals surface area contributed by atoms with Crippen LogP contribution in [0.2, 0.25) is 0 Å². The van der Waals surface area contributed by atoms with Crippen LogP contribution in [0, 0.1) is 13.8 Å². The van der Waals surface area contributed by atoms with Gasteiger partial charge in [-0.1, -0.05) is 18.2 Å². The van der Waals surface area contributed by atoms with Gasteiger partial charge in [-0.25, -0.2) is 4.98 Å². The topological polar surface area (TPSA) is 84.7 Å². The van der Waals surface area contributed by atoms with Gasteiger partial charge in [0, 0.05) is 11.1 Å². The first-order valence-electron chi connectivity index (χ1n) is 8.56. The summed E-state index contributed by atoms with van der Waals surface area (Å²) < 4.78 is 0. The largest absolute Gasteiger partial charge is 0.358 e. The molecule has 0 aliphatic carbocycles. The van der Waals surface area contributed by atoms with E-state index in [4.69, 9.17) is 0 Å². The molecule has 134 valence electrons. The van der Waals surface area contributed by atoms with E-state index in [0.29, 0.717) is 10.6 Å². The molecule has 0 fully saturated rings. The Hall–Kier alpha value is -3.26. The highest BCUT2D eigenvalue weighted by Gasteiger charge is 2.31. The van der Waals surface area contributed by atoms with Crippen LogP contribution in [0.25, 0.3) is 15.9 Å². The predicted octanol–water partition coefficient (Wildman–Crippen LogP) is 3.35. The van der Waals surface area contributed by atoms with Gasteiger partial charge in [0.05, 0.1) is 17.6 Å². The first kappa shape index (κ1) is 16.0. The zero-order valence-corrected chi connectivity index (χ0v) is 15.5. The molecule has 4 heterocycles. The zero-order chi connectivity index (χ0) is 18.5. The Bertz CT molecular complexity index is 1180. The van der Waals surface area contributed by atoms with Crippen molar-refractivity contribution < 1.29 is 4.79 Å². The molecule has 3 aromatic heterocycles. The number of carbonyl (C=O) groups excluding carboxylic acids is 1. The third kappa shape index (κ3) is 2.57. The lowest BCUT2D eigenvalue weighted by molar-refractivity contribution is 0.0939. The minimum Gasteiger partial charge on any atom is -0.358 e. The van der Waals surface area contributed by atoms with Gasteiger partial charge in [-0.2, -0.15) is 9.90 Å². The maximum Gasteiger partial charge on any atom is 0.265 e. The molecule has 27 heavy (non-hydrogen) atoms. The molecule has 7 nitrogen and oxygen atoms in total. The first-order chi connectivity index (χ1) is 13.1. The molecular weight excluding hydrogens is 360 g/mol. The second-order valence-corrected chi connectivity index (χ2v) is 7.51. The minimum absolute atomic E-state index is 0.122. The Kier molecular flexibility index (Phi) is 3.48. The predicted molar refractivity (Wildman–Crippen MR) is 104 cm³/mol. The van der Waals surface area contributed by atoms with E-state index in [2.05, 4.69) is 25.8 Å². The normalized spacial score (nSPS) is 16.1. The van der Waals surface area contributed by atoms with E-state index in [9.17, 15) is 4.79 Å². The molecule has 1 aliphatic rings. The number of aromatic nitrogens is 4. The molecule has 0 saturated heterocycles. The van der Waals surface area contributed by atoms with Crippen LogP contribution in [0.5, 0.6) is 0 Å². The van der Waals surface area contributed by atoms with Gasteiger partial charge < -0.3 is 10.6 Å². The first-order valence-corrected chi connectivity index (χ1v) is 9.37. The average molecular weight is 376 g/mol. The molecule has 0 bridgehead atoms. The van der Waals surface area contributed by atoms with Gasteiger partial charge >= 0.3 is 0 Å². The number of rotatable bonds is 2. The number of para-hydroxylation sites is 1. The highest BCUT2D eigenvalue weighted by Crippen LogP contribution is 2.40. The Labute approximate surface area is 159 Å². The smallest absolute Gasteiger partial charge is 0.265 e. The van der Waals surface area contributed by atoms with Crippen molar-refractivity contribution in [3.8, 4) is 5.69 Å². The summed E-state index contributed by atoms with van der Waals surface area (Å²) in [6, 6.07) is 11.7. The van der Waals surface area contributed by atoms with Crippen LogP contribution in [-0.2, 0) is 0 Å². The fraction of sp³-hybridized carbons (Fsp3) is 0.158. The van der Waals surface area contributed by atoms with Gasteiger partial charge in [0.15, 0.2) is 0 Å². The van der Waals surface area contributed by atoms with Gasteiger partial charge in [0.25, 0.3) is 5.91 Å². The molecule has 1 aliphatic heterocycles. The number of nitrogens with zero attached hydrogens (tertiary/aromatic N) is 4. The fourth-order valence-corrected chi connectivity index (χ4v) is 4.52. The maximum atomic E-state index is 12.7. The second kappa shape index (κ2) is 5.88. The maximum absolute atomic E-state index is 12.7. The summed E-state index contributed by atoms with van der Waals surface area (Å²) in [5, 5.41) is 16.2. The number of hydrogen-bond acceptors (Lipinski definition) is 6. The van der Waals surface area contributed by atoms with Crippen molar-refractivity contribution in [2.45, 2.75) is 20.0 Å². The standard InChI is InChI=1S/C19H16N6OS/c1-10-8-11(2)21-19-14(10)15-16(27-19)18(26)23-17(22-15)13-9-20-25(24-13)12-6-4-3-5-7-12/h3-9,17,22H,1-2H3,(H,23,26). The van der Waals surface area contributed by atoms with E-state index in [-0.39, 0.29) is 5.91 Å². The monoisotopic (exact) mass is 376 g/mol. The summed E-state index contributed by atoms with van der Waals surface area (Å²) in [5.74, 6) is -0.122. The third-order valence-electron chi connectivity index (χ3n) is 4.55. The number of nitrogens with one attached hydrogen (secondary N) is 2. The average Bonchev–Trinajstić information content (AvgIpc) is 3.27. The number of anilines is 1. The number of hydrogen-bond donors (Lipinski definition) is 2. The van der Waals surface area contributed by atoms with E-state index in [0.717, 1.165) is 32.8 Å². The SMILES string of the molecule is Cc1cc(C)c2c3c(sc2n1)C(=O)NC(c1cnn(-c2ccccc2)n1)N3. The Balaban J connectivity index is 1.55. The summed E-state index contributed by atoms with van der Waals surface area (Å²) in [6.45, 7) is 4.00. The van der Waals surface area contributed by atoms with Crippen LogP contribution in [-0.4, -0.2) is 25.9 Å². The molecule has 0 radical (unpaired) electrons. The number of carbonyl (C=O) groups is 1. The molecule has 5 rings (SSSR count). The van der Waals surface area contributed by atoms with E-state index >= 15 is 0 Å². The molecule has 0 saturated carbocycles. The van der Waals surface area contributed by atoms with Crippen LogP contribution in [0.15, 0.2) is 42.6 Å². The van der Waals surface area contributed by atoms with Crippen LogP contribution >= 0.6 is 11.3 Å². The Morgan fingerprint density at radius 2 is 1.96 bits per heavy atom. The van der Waals surface area contributed by atoms with Crippen molar-refractivity contribution in [3.05, 3.63) is 64.4 Å². The van der Waals surface area contributed by atoms with E-state index in [1.165, 1.54) is 11.3 Å². The minimum atomic E-state index is -0.444. The zero-order valence-electron chi connectivity index (χ0n) is 14.7. The van der Waals surface area contributed by atoms with Crippen molar-refractivity contribution in [1.29, 1.82) is 0 Å². The molecule has 1 atom stereocenters. The lowest BCUT2D eigenvalue weighted by Gasteiger charge is -2.24. The summed E-state index contributed by atoms with van der Waals surface area (Å²) >= 11 is 1.41. The van der Waals surface area contributed by atoms with Crippen molar-refractivity contribution >= 4 is 33.1 Å². The fourth-order valence-electron chi connectivity index (χ4n) is 3.36. The van der Waals surface area contributed by atoms with Crippen LogP contribution in [0.4, 0.5) is 5.69 Å². The van der Waals surface area contributed by atoms with Gasteiger partial charge in [0.2, 0.25) is 0 Å². The highest BCUT2D eigenvalue weighted by molar-refractivity contribution is 7.21. The van der Waals surface area contributed by atoms with Crippen molar-refractivity contribution in [2.75, 3.05) is 5.32 Å². The summed E-state index contributed by atoms with van der Waals surface area (Å²) in [7, 11) is 0. The lowest BCUT2D eigenvalue weighted by atomic mass is 10.1. The summed E-state index contributed by atoms with van der Waals surface area (Å²) in [4.78, 5) is 20.3. The van der Waals surface area contributed by atoms with Crippen LogP contribution < -0.4 is 10.6 Å². The van der Waals surface area contributed by atoms with Crippen LogP contribution in [0.1, 0.15) is 32.8 Å². The van der Waals surface area contributed by atoms with Gasteiger partial charge in [-0.3, -0.25) is 4.79 Å².